The molecule has 0 spiro atoms. The first-order valence-corrected chi connectivity index (χ1v) is 8.04. The molecule has 0 saturated carbocycles. The highest BCUT2D eigenvalue weighted by molar-refractivity contribution is 5.41. The molecule has 2 N–H and O–H groups in total. The highest BCUT2D eigenvalue weighted by Crippen LogP contribution is 2.31. The number of hydrogen-bond donors (Lipinski definition) is 2. The van der Waals surface area contributed by atoms with E-state index >= 15 is 0 Å². The Balaban J connectivity index is 1.64. The molecule has 0 aliphatic carbocycles. The van der Waals surface area contributed by atoms with Crippen LogP contribution in [0.15, 0.2) is 18.2 Å². The Morgan fingerprint density at radius 2 is 2.19 bits per heavy atom. The minimum absolute atomic E-state index is 0.137. The summed E-state index contributed by atoms with van der Waals surface area (Å²) in [6.07, 6.45) is 5.13. The Kier molecular flexibility index (Phi) is 4.36. The topological polar surface area (TPSA) is 44.7 Å². The normalized spacial score (nSPS) is 27.3. The van der Waals surface area contributed by atoms with Crippen molar-refractivity contribution in [3.05, 3.63) is 23.8 Å². The van der Waals surface area contributed by atoms with E-state index in [9.17, 15) is 5.11 Å². The standard InChI is InChI=1S/C17H26N2O2/c1-12(16-11-15(21-2)5-6-17(16)20)18-13-7-9-19-8-3-4-14(19)10-13/h5-6,11-14,18,20H,3-4,7-10H2,1-2H3. The molecule has 0 aromatic heterocycles. The second kappa shape index (κ2) is 6.24. The van der Waals surface area contributed by atoms with Gasteiger partial charge >= 0.3 is 0 Å². The Bertz CT molecular complexity index is 492. The van der Waals surface area contributed by atoms with E-state index in [4.69, 9.17) is 4.74 Å². The smallest absolute Gasteiger partial charge is 0.120 e. The van der Waals surface area contributed by atoms with Crippen molar-refractivity contribution in [3.8, 4) is 11.5 Å². The molecule has 3 unspecified atom stereocenters. The molecule has 3 atom stereocenters. The molecular formula is C17H26N2O2. The molecule has 2 fully saturated rings. The maximum Gasteiger partial charge on any atom is 0.120 e. The summed E-state index contributed by atoms with van der Waals surface area (Å²) in [7, 11) is 1.66. The zero-order valence-corrected chi connectivity index (χ0v) is 13.0. The summed E-state index contributed by atoms with van der Waals surface area (Å²) in [4.78, 5) is 2.63. The number of piperidine rings is 1. The number of methoxy groups -OCH3 is 1. The van der Waals surface area contributed by atoms with Crippen molar-refractivity contribution < 1.29 is 9.84 Å². The molecule has 1 aromatic carbocycles. The van der Waals surface area contributed by atoms with Gasteiger partial charge in [0.25, 0.3) is 0 Å². The van der Waals surface area contributed by atoms with Crippen LogP contribution in [0, 0.1) is 0 Å². The van der Waals surface area contributed by atoms with Crippen molar-refractivity contribution in [1.82, 2.24) is 10.2 Å². The lowest BCUT2D eigenvalue weighted by atomic mass is 9.96. The summed E-state index contributed by atoms with van der Waals surface area (Å²) >= 11 is 0. The van der Waals surface area contributed by atoms with E-state index in [-0.39, 0.29) is 6.04 Å². The van der Waals surface area contributed by atoms with Crippen LogP contribution < -0.4 is 10.1 Å². The fourth-order valence-corrected chi connectivity index (χ4v) is 3.83. The molecule has 2 aliphatic heterocycles. The fourth-order valence-electron chi connectivity index (χ4n) is 3.83. The van der Waals surface area contributed by atoms with Crippen LogP contribution in [0.2, 0.25) is 0 Å². The zero-order chi connectivity index (χ0) is 14.8. The third kappa shape index (κ3) is 3.16. The number of nitrogens with zero attached hydrogens (tertiary/aromatic N) is 1. The molecule has 21 heavy (non-hydrogen) atoms. The van der Waals surface area contributed by atoms with Crippen molar-refractivity contribution in [2.75, 3.05) is 20.2 Å². The average Bonchev–Trinajstić information content (AvgIpc) is 2.95. The summed E-state index contributed by atoms with van der Waals surface area (Å²) in [5.74, 6) is 1.14. The van der Waals surface area contributed by atoms with Gasteiger partial charge in [-0.25, -0.2) is 0 Å². The van der Waals surface area contributed by atoms with Gasteiger partial charge in [0.1, 0.15) is 11.5 Å². The molecule has 3 rings (SSSR count). The number of aromatic hydroxyl groups is 1. The highest BCUT2D eigenvalue weighted by atomic mass is 16.5. The van der Waals surface area contributed by atoms with Gasteiger partial charge in [0, 0.05) is 23.7 Å². The molecule has 0 radical (unpaired) electrons. The van der Waals surface area contributed by atoms with E-state index in [0.717, 1.165) is 17.4 Å². The van der Waals surface area contributed by atoms with Crippen LogP contribution in [-0.2, 0) is 0 Å². The third-order valence-corrected chi connectivity index (χ3v) is 5.01. The number of phenols is 1. The molecular weight excluding hydrogens is 264 g/mol. The predicted molar refractivity (Wildman–Crippen MR) is 83.8 cm³/mol. The van der Waals surface area contributed by atoms with Crippen LogP contribution in [0.1, 0.15) is 44.2 Å². The van der Waals surface area contributed by atoms with Crippen molar-refractivity contribution in [2.45, 2.75) is 50.7 Å². The molecule has 4 nitrogen and oxygen atoms in total. The van der Waals surface area contributed by atoms with Gasteiger partial charge < -0.3 is 20.1 Å². The number of rotatable bonds is 4. The summed E-state index contributed by atoms with van der Waals surface area (Å²) in [5, 5.41) is 13.8. The van der Waals surface area contributed by atoms with Gasteiger partial charge in [-0.1, -0.05) is 0 Å². The molecule has 1 aromatic rings. The summed E-state index contributed by atoms with van der Waals surface area (Å²) in [6.45, 7) is 4.61. The summed E-state index contributed by atoms with van der Waals surface area (Å²) in [6, 6.07) is 6.89. The van der Waals surface area contributed by atoms with E-state index in [1.165, 1.54) is 38.8 Å². The summed E-state index contributed by atoms with van der Waals surface area (Å²) < 4.78 is 5.26. The monoisotopic (exact) mass is 290 g/mol. The van der Waals surface area contributed by atoms with Gasteiger partial charge in [0.15, 0.2) is 0 Å². The van der Waals surface area contributed by atoms with Gasteiger partial charge in [-0.15, -0.1) is 0 Å². The quantitative estimate of drug-likeness (QED) is 0.895. The van der Waals surface area contributed by atoms with Gasteiger partial charge in [-0.05, 0) is 63.9 Å². The van der Waals surface area contributed by atoms with Crippen molar-refractivity contribution in [3.63, 3.8) is 0 Å². The van der Waals surface area contributed by atoms with Crippen molar-refractivity contribution in [2.24, 2.45) is 0 Å². The van der Waals surface area contributed by atoms with Crippen LogP contribution >= 0.6 is 0 Å². The number of nitrogens with one attached hydrogen (secondary N) is 1. The number of fused-ring (bicyclic) bond motifs is 1. The maximum atomic E-state index is 10.1. The van der Waals surface area contributed by atoms with Gasteiger partial charge in [0.2, 0.25) is 0 Å². The molecule has 116 valence electrons. The first-order chi connectivity index (χ1) is 10.2. The Morgan fingerprint density at radius 1 is 1.33 bits per heavy atom. The first-order valence-electron chi connectivity index (χ1n) is 8.04. The largest absolute Gasteiger partial charge is 0.508 e. The minimum atomic E-state index is 0.137. The molecule has 4 heteroatoms. The van der Waals surface area contributed by atoms with Crippen molar-refractivity contribution >= 4 is 0 Å². The second-order valence-electron chi connectivity index (χ2n) is 6.37. The van der Waals surface area contributed by atoms with E-state index in [1.807, 2.05) is 6.07 Å². The minimum Gasteiger partial charge on any atom is -0.508 e. The number of phenolic OH excluding ortho intramolecular Hbond substituents is 1. The van der Waals surface area contributed by atoms with Gasteiger partial charge in [-0.2, -0.15) is 0 Å². The fraction of sp³-hybridized carbons (Fsp3) is 0.647. The van der Waals surface area contributed by atoms with E-state index < -0.39 is 0 Å². The zero-order valence-electron chi connectivity index (χ0n) is 13.0. The number of ether oxygens (including phenoxy) is 1. The Hall–Kier alpha value is -1.26. The first kappa shape index (κ1) is 14.7. The van der Waals surface area contributed by atoms with Crippen LogP contribution in [0.4, 0.5) is 0 Å². The lowest BCUT2D eigenvalue weighted by molar-refractivity contribution is 0.162. The molecule has 2 heterocycles. The van der Waals surface area contributed by atoms with Crippen LogP contribution in [0.3, 0.4) is 0 Å². The average molecular weight is 290 g/mol. The number of benzene rings is 1. The van der Waals surface area contributed by atoms with E-state index in [1.54, 1.807) is 19.2 Å². The Labute approximate surface area is 127 Å². The molecule has 2 aliphatic rings. The van der Waals surface area contributed by atoms with Gasteiger partial charge in [0.05, 0.1) is 7.11 Å². The van der Waals surface area contributed by atoms with Gasteiger partial charge in [-0.3, -0.25) is 0 Å². The molecule has 0 amide bonds. The Morgan fingerprint density at radius 3 is 3.00 bits per heavy atom. The molecule has 0 bridgehead atoms. The molecule has 2 saturated heterocycles. The van der Waals surface area contributed by atoms with Crippen LogP contribution in [0.25, 0.3) is 0 Å². The lowest BCUT2D eigenvalue weighted by Gasteiger charge is -2.36. The van der Waals surface area contributed by atoms with Crippen LogP contribution in [0.5, 0.6) is 11.5 Å². The maximum absolute atomic E-state index is 10.1. The summed E-state index contributed by atoms with van der Waals surface area (Å²) in [5.41, 5.74) is 0.920. The highest BCUT2D eigenvalue weighted by Gasteiger charge is 2.32. The number of hydrogen-bond acceptors (Lipinski definition) is 4. The second-order valence-corrected chi connectivity index (χ2v) is 6.37. The predicted octanol–water partition coefficient (Wildman–Crippen LogP) is 2.68. The van der Waals surface area contributed by atoms with Crippen LogP contribution in [-0.4, -0.2) is 42.3 Å². The lowest BCUT2D eigenvalue weighted by Crippen LogP contribution is -2.46. The third-order valence-electron chi connectivity index (χ3n) is 5.01. The van der Waals surface area contributed by atoms with E-state index in [2.05, 4.69) is 17.1 Å². The SMILES string of the molecule is COc1ccc(O)c(C(C)NC2CCN3CCCC3C2)c1. The van der Waals surface area contributed by atoms with E-state index in [0.29, 0.717) is 11.8 Å². The van der Waals surface area contributed by atoms with Crippen molar-refractivity contribution in [1.29, 1.82) is 0 Å².